The van der Waals surface area contributed by atoms with Gasteiger partial charge in [-0.3, -0.25) is 10.2 Å². The van der Waals surface area contributed by atoms with Crippen LogP contribution in [0.1, 0.15) is 110 Å². The van der Waals surface area contributed by atoms with E-state index < -0.39 is 6.04 Å². The van der Waals surface area contributed by atoms with Gasteiger partial charge in [0, 0.05) is 6.54 Å². The zero-order valence-corrected chi connectivity index (χ0v) is 18.3. The maximum Gasteiger partial charge on any atom is 0.322 e. The second-order valence-corrected chi connectivity index (χ2v) is 7.85. The summed E-state index contributed by atoms with van der Waals surface area (Å²) in [5.41, 5.74) is 11.0. The van der Waals surface area contributed by atoms with E-state index in [1.54, 1.807) is 0 Å². The van der Waals surface area contributed by atoms with Gasteiger partial charge in [0.05, 0.1) is 6.61 Å². The number of esters is 1. The van der Waals surface area contributed by atoms with Gasteiger partial charge in [-0.05, 0) is 19.3 Å². The molecule has 0 aliphatic rings. The maximum absolute atomic E-state index is 11.8. The molecule has 6 heteroatoms. The molecule has 1 atom stereocenters. The molecule has 0 rings (SSSR count). The van der Waals surface area contributed by atoms with Crippen LogP contribution >= 0.6 is 0 Å². The van der Waals surface area contributed by atoms with Crippen LogP contribution in [0.2, 0.25) is 0 Å². The monoisotopic (exact) mass is 398 g/mol. The van der Waals surface area contributed by atoms with E-state index in [0.717, 1.165) is 12.8 Å². The van der Waals surface area contributed by atoms with Crippen LogP contribution in [-0.2, 0) is 9.53 Å². The summed E-state index contributed by atoms with van der Waals surface area (Å²) in [6.45, 7) is 3.29. The minimum atomic E-state index is -0.583. The average molecular weight is 399 g/mol. The predicted molar refractivity (Wildman–Crippen MR) is 118 cm³/mol. The molecular weight excluding hydrogens is 352 g/mol. The van der Waals surface area contributed by atoms with E-state index >= 15 is 0 Å². The Bertz CT molecular complexity index is 378. The lowest BCUT2D eigenvalue weighted by atomic mass is 10.0. The van der Waals surface area contributed by atoms with Crippen LogP contribution < -0.4 is 16.8 Å². The van der Waals surface area contributed by atoms with Crippen LogP contribution in [0.4, 0.5) is 0 Å². The van der Waals surface area contributed by atoms with Crippen LogP contribution in [0.3, 0.4) is 0 Å². The van der Waals surface area contributed by atoms with Crippen molar-refractivity contribution in [2.45, 2.75) is 116 Å². The molecule has 0 aromatic rings. The number of carbonyl (C=O) groups is 1. The standard InChI is InChI=1S/C22H46N4O2/c1-2-3-4-5-6-7-8-9-10-11-12-13-14-15-19-28-21(27)20(23)17-16-18-26-22(24)25/h20H,2-19,23H2,1H3,(H4,24,25,26)/t20-/m0/s1. The number of nitrogens with two attached hydrogens (primary N) is 2. The van der Waals surface area contributed by atoms with Crippen molar-refractivity contribution in [1.82, 2.24) is 5.32 Å². The van der Waals surface area contributed by atoms with E-state index in [9.17, 15) is 4.79 Å². The summed E-state index contributed by atoms with van der Waals surface area (Å²) in [7, 11) is 0. The highest BCUT2D eigenvalue weighted by Gasteiger charge is 2.14. The minimum absolute atomic E-state index is 0.0612. The highest BCUT2D eigenvalue weighted by Crippen LogP contribution is 2.13. The topological polar surface area (TPSA) is 114 Å². The van der Waals surface area contributed by atoms with Crippen molar-refractivity contribution in [3.63, 3.8) is 0 Å². The van der Waals surface area contributed by atoms with Gasteiger partial charge in [-0.15, -0.1) is 0 Å². The van der Waals surface area contributed by atoms with Crippen LogP contribution in [-0.4, -0.2) is 31.1 Å². The number of guanidine groups is 1. The first-order valence-electron chi connectivity index (χ1n) is 11.6. The summed E-state index contributed by atoms with van der Waals surface area (Å²) in [6.07, 6.45) is 19.6. The number of hydrogen-bond acceptors (Lipinski definition) is 4. The first-order chi connectivity index (χ1) is 13.6. The van der Waals surface area contributed by atoms with Crippen molar-refractivity contribution in [2.24, 2.45) is 11.5 Å². The Hall–Kier alpha value is -1.30. The van der Waals surface area contributed by atoms with Crippen molar-refractivity contribution in [3.8, 4) is 0 Å². The summed E-state index contributed by atoms with van der Waals surface area (Å²) in [5.74, 6) is -0.383. The van der Waals surface area contributed by atoms with Crippen LogP contribution in [0, 0.1) is 5.41 Å². The van der Waals surface area contributed by atoms with Gasteiger partial charge in [0.25, 0.3) is 0 Å². The molecule has 0 heterocycles. The second-order valence-electron chi connectivity index (χ2n) is 7.85. The third kappa shape index (κ3) is 19.5. The van der Waals surface area contributed by atoms with Gasteiger partial charge in [-0.25, -0.2) is 0 Å². The fraction of sp³-hybridized carbons (Fsp3) is 0.909. The predicted octanol–water partition coefficient (Wildman–Crippen LogP) is 4.60. The summed E-state index contributed by atoms with van der Waals surface area (Å²) in [6, 6.07) is -0.583. The van der Waals surface area contributed by atoms with Gasteiger partial charge in [0.15, 0.2) is 5.96 Å². The Morgan fingerprint density at radius 1 is 0.857 bits per heavy atom. The van der Waals surface area contributed by atoms with Gasteiger partial charge in [0.1, 0.15) is 6.04 Å². The fourth-order valence-corrected chi connectivity index (χ4v) is 3.24. The Morgan fingerprint density at radius 2 is 1.32 bits per heavy atom. The minimum Gasteiger partial charge on any atom is -0.465 e. The lowest BCUT2D eigenvalue weighted by Gasteiger charge is -2.11. The Balaban J connectivity index is 3.27. The molecule has 0 aliphatic heterocycles. The third-order valence-corrected chi connectivity index (χ3v) is 5.05. The third-order valence-electron chi connectivity index (χ3n) is 5.05. The van der Waals surface area contributed by atoms with Gasteiger partial charge >= 0.3 is 5.97 Å². The number of carbonyl (C=O) groups excluding carboxylic acids is 1. The van der Waals surface area contributed by atoms with Gasteiger partial charge in [-0.1, -0.05) is 90.4 Å². The number of unbranched alkanes of at least 4 members (excludes halogenated alkanes) is 13. The molecule has 0 aromatic carbocycles. The fourth-order valence-electron chi connectivity index (χ4n) is 3.24. The van der Waals surface area contributed by atoms with E-state index in [1.165, 1.54) is 77.0 Å². The smallest absolute Gasteiger partial charge is 0.322 e. The molecule has 166 valence electrons. The Kier molecular flexibility index (Phi) is 19.5. The normalized spacial score (nSPS) is 11.9. The molecule has 0 radical (unpaired) electrons. The SMILES string of the molecule is CCCCCCCCCCCCCCCCOC(=O)[C@@H](N)CCCNC(=N)N. The van der Waals surface area contributed by atoms with Crippen LogP contribution in [0.15, 0.2) is 0 Å². The number of hydrogen-bond donors (Lipinski definition) is 4. The van der Waals surface area contributed by atoms with Crippen molar-refractivity contribution in [3.05, 3.63) is 0 Å². The molecule has 0 fully saturated rings. The lowest BCUT2D eigenvalue weighted by Crippen LogP contribution is -2.35. The molecule has 0 saturated carbocycles. The maximum atomic E-state index is 11.8. The molecular formula is C22H46N4O2. The van der Waals surface area contributed by atoms with Gasteiger partial charge in [-0.2, -0.15) is 0 Å². The molecule has 0 unspecified atom stereocenters. The molecule has 6 N–H and O–H groups in total. The summed E-state index contributed by atoms with van der Waals surface area (Å²) in [5, 5.41) is 9.74. The van der Waals surface area contributed by atoms with E-state index in [1.807, 2.05) is 0 Å². The molecule has 0 bridgehead atoms. The Labute approximate surface area is 173 Å². The van der Waals surface area contributed by atoms with Crippen LogP contribution in [0.5, 0.6) is 0 Å². The molecule has 6 nitrogen and oxygen atoms in total. The number of nitrogens with one attached hydrogen (secondary N) is 2. The van der Waals surface area contributed by atoms with E-state index in [4.69, 9.17) is 21.6 Å². The first kappa shape index (κ1) is 26.7. The molecule has 0 saturated heterocycles. The van der Waals surface area contributed by atoms with E-state index in [0.29, 0.717) is 26.0 Å². The summed E-state index contributed by atoms with van der Waals surface area (Å²) >= 11 is 0. The van der Waals surface area contributed by atoms with Crippen LogP contribution in [0.25, 0.3) is 0 Å². The molecule has 0 aliphatic carbocycles. The highest BCUT2D eigenvalue weighted by atomic mass is 16.5. The van der Waals surface area contributed by atoms with Crippen molar-refractivity contribution in [1.29, 1.82) is 5.41 Å². The average Bonchev–Trinajstić information content (AvgIpc) is 2.67. The largest absolute Gasteiger partial charge is 0.465 e. The molecule has 28 heavy (non-hydrogen) atoms. The van der Waals surface area contributed by atoms with E-state index in [2.05, 4.69) is 12.2 Å². The summed E-state index contributed by atoms with van der Waals surface area (Å²) in [4.78, 5) is 11.8. The van der Waals surface area contributed by atoms with Gasteiger partial charge < -0.3 is 21.5 Å². The Morgan fingerprint density at radius 3 is 1.79 bits per heavy atom. The zero-order valence-electron chi connectivity index (χ0n) is 18.3. The number of ether oxygens (including phenoxy) is 1. The van der Waals surface area contributed by atoms with Crippen molar-refractivity contribution >= 4 is 11.9 Å². The summed E-state index contributed by atoms with van der Waals surface area (Å²) < 4.78 is 5.24. The second kappa shape index (κ2) is 20.4. The number of rotatable bonds is 20. The van der Waals surface area contributed by atoms with Crippen molar-refractivity contribution < 1.29 is 9.53 Å². The van der Waals surface area contributed by atoms with Crippen molar-refractivity contribution in [2.75, 3.05) is 13.2 Å². The van der Waals surface area contributed by atoms with E-state index in [-0.39, 0.29) is 11.9 Å². The molecule has 0 spiro atoms. The molecule has 0 amide bonds. The van der Waals surface area contributed by atoms with Gasteiger partial charge in [0.2, 0.25) is 0 Å². The lowest BCUT2D eigenvalue weighted by molar-refractivity contribution is -0.145. The highest BCUT2D eigenvalue weighted by molar-refractivity contribution is 5.75. The zero-order chi connectivity index (χ0) is 20.9. The first-order valence-corrected chi connectivity index (χ1v) is 11.6. The molecule has 0 aromatic heterocycles. The quantitative estimate of drug-likeness (QED) is 0.104.